The summed E-state index contributed by atoms with van der Waals surface area (Å²) >= 11 is 0. The molecule has 1 saturated carbocycles. The first-order valence-corrected chi connectivity index (χ1v) is 11.7. The molecule has 3 aromatic rings. The maximum Gasteiger partial charge on any atom is 0.287 e. The third-order valence-electron chi connectivity index (χ3n) is 6.05. The third-order valence-corrected chi connectivity index (χ3v) is 6.05. The van der Waals surface area contributed by atoms with Crippen LogP contribution in [0.15, 0.2) is 59.0 Å². The Morgan fingerprint density at radius 2 is 1.94 bits per heavy atom. The molecular formula is C27H26N2O6. The fourth-order valence-corrected chi connectivity index (χ4v) is 3.94. The number of carbonyl (C=O) groups is 3. The summed E-state index contributed by atoms with van der Waals surface area (Å²) in [5.74, 6) is 1.11. The van der Waals surface area contributed by atoms with Crippen molar-refractivity contribution < 1.29 is 28.3 Å². The first kappa shape index (κ1) is 22.7. The molecule has 1 aliphatic heterocycles. The van der Waals surface area contributed by atoms with Gasteiger partial charge in [0.15, 0.2) is 24.8 Å². The van der Waals surface area contributed by atoms with Crippen LogP contribution in [0.3, 0.4) is 0 Å². The number of amides is 2. The van der Waals surface area contributed by atoms with E-state index in [0.717, 1.165) is 24.8 Å². The van der Waals surface area contributed by atoms with Crippen molar-refractivity contribution in [2.75, 3.05) is 18.1 Å². The van der Waals surface area contributed by atoms with Gasteiger partial charge >= 0.3 is 0 Å². The maximum atomic E-state index is 12.9. The van der Waals surface area contributed by atoms with Crippen molar-refractivity contribution in [3.8, 4) is 11.5 Å². The lowest BCUT2D eigenvalue weighted by molar-refractivity contribution is -0.121. The number of fused-ring (bicyclic) bond motifs is 1. The van der Waals surface area contributed by atoms with E-state index in [1.54, 1.807) is 30.3 Å². The van der Waals surface area contributed by atoms with Crippen LogP contribution in [0.4, 0.5) is 5.69 Å². The summed E-state index contributed by atoms with van der Waals surface area (Å²) in [4.78, 5) is 39.3. The Morgan fingerprint density at radius 1 is 1.11 bits per heavy atom. The van der Waals surface area contributed by atoms with E-state index in [-0.39, 0.29) is 49.2 Å². The molecule has 2 aliphatic rings. The normalized spacial score (nSPS) is 14.8. The molecule has 0 radical (unpaired) electrons. The Hall–Kier alpha value is -4.07. The molecule has 0 saturated heterocycles. The van der Waals surface area contributed by atoms with E-state index in [1.807, 2.05) is 31.2 Å². The topological polar surface area (TPSA) is 98.1 Å². The summed E-state index contributed by atoms with van der Waals surface area (Å²) in [6, 6.07) is 16.1. The molecule has 1 aromatic heterocycles. The van der Waals surface area contributed by atoms with Gasteiger partial charge in [0.25, 0.3) is 11.8 Å². The lowest BCUT2D eigenvalue weighted by Gasteiger charge is -2.29. The van der Waals surface area contributed by atoms with Gasteiger partial charge in [0.2, 0.25) is 0 Å². The largest absolute Gasteiger partial charge is 0.485 e. The van der Waals surface area contributed by atoms with Crippen LogP contribution in [0.25, 0.3) is 0 Å². The Balaban J connectivity index is 1.31. The van der Waals surface area contributed by atoms with Gasteiger partial charge < -0.3 is 19.2 Å². The average Bonchev–Trinajstić information content (AvgIpc) is 3.57. The molecule has 35 heavy (non-hydrogen) atoms. The van der Waals surface area contributed by atoms with Crippen molar-refractivity contribution in [2.45, 2.75) is 38.8 Å². The quantitative estimate of drug-likeness (QED) is 0.472. The standard InChI is InChI=1S/C27H26N2O6/c1-2-17-5-3-4-6-23(17)33-15-22(30)18-7-11-24-21(13-18)29(26(31)16-34-24)14-20-10-12-25(35-20)27(32)28-19-8-9-19/h3-7,10-13,19H,2,8-9,14-16H2,1H3,(H,28,32). The number of hydrogen-bond acceptors (Lipinski definition) is 6. The summed E-state index contributed by atoms with van der Waals surface area (Å²) in [5.41, 5.74) is 1.91. The fourth-order valence-electron chi connectivity index (χ4n) is 3.94. The van der Waals surface area contributed by atoms with Crippen molar-refractivity contribution in [3.05, 3.63) is 77.2 Å². The minimum atomic E-state index is -0.268. The molecule has 2 heterocycles. The van der Waals surface area contributed by atoms with E-state index in [0.29, 0.717) is 28.5 Å². The van der Waals surface area contributed by atoms with Gasteiger partial charge in [-0.2, -0.15) is 0 Å². The van der Waals surface area contributed by atoms with Crippen LogP contribution in [-0.2, 0) is 17.8 Å². The number of carbonyl (C=O) groups excluding carboxylic acids is 3. The van der Waals surface area contributed by atoms with Gasteiger partial charge in [-0.3, -0.25) is 19.3 Å². The minimum Gasteiger partial charge on any atom is -0.485 e. The molecule has 1 N–H and O–H groups in total. The summed E-state index contributed by atoms with van der Waals surface area (Å²) in [6.45, 7) is 1.90. The van der Waals surface area contributed by atoms with Crippen LogP contribution >= 0.6 is 0 Å². The monoisotopic (exact) mass is 474 g/mol. The van der Waals surface area contributed by atoms with Gasteiger partial charge in [0.05, 0.1) is 12.2 Å². The van der Waals surface area contributed by atoms with Crippen molar-refractivity contribution >= 4 is 23.3 Å². The zero-order valence-electron chi connectivity index (χ0n) is 19.4. The number of para-hydroxylation sites is 1. The Labute approximate surface area is 202 Å². The van der Waals surface area contributed by atoms with Crippen LogP contribution < -0.4 is 19.7 Å². The molecule has 1 aliphatic carbocycles. The van der Waals surface area contributed by atoms with E-state index in [9.17, 15) is 14.4 Å². The van der Waals surface area contributed by atoms with Gasteiger partial charge in [-0.1, -0.05) is 25.1 Å². The van der Waals surface area contributed by atoms with Crippen molar-refractivity contribution in [1.29, 1.82) is 0 Å². The summed E-state index contributed by atoms with van der Waals surface area (Å²) in [7, 11) is 0. The number of aryl methyl sites for hydroxylation is 1. The summed E-state index contributed by atoms with van der Waals surface area (Å²) in [6.07, 6.45) is 2.76. The Morgan fingerprint density at radius 3 is 2.74 bits per heavy atom. The predicted octanol–water partition coefficient (Wildman–Crippen LogP) is 3.92. The van der Waals surface area contributed by atoms with Crippen LogP contribution in [0.1, 0.15) is 52.0 Å². The number of furan rings is 1. The number of anilines is 1. The van der Waals surface area contributed by atoms with Gasteiger partial charge in [0, 0.05) is 11.6 Å². The number of nitrogens with zero attached hydrogens (tertiary/aromatic N) is 1. The van der Waals surface area contributed by atoms with Crippen LogP contribution in [0.5, 0.6) is 11.5 Å². The summed E-state index contributed by atoms with van der Waals surface area (Å²) < 4.78 is 17.0. The highest BCUT2D eigenvalue weighted by molar-refractivity contribution is 6.02. The van der Waals surface area contributed by atoms with Crippen LogP contribution in [-0.4, -0.2) is 36.9 Å². The minimum absolute atomic E-state index is 0.115. The second-order valence-corrected chi connectivity index (χ2v) is 8.64. The van der Waals surface area contributed by atoms with Crippen LogP contribution in [0, 0.1) is 0 Å². The molecule has 1 fully saturated rings. The van der Waals surface area contributed by atoms with Crippen molar-refractivity contribution in [3.63, 3.8) is 0 Å². The highest BCUT2D eigenvalue weighted by Gasteiger charge is 2.29. The smallest absolute Gasteiger partial charge is 0.287 e. The lowest BCUT2D eigenvalue weighted by atomic mass is 10.1. The highest BCUT2D eigenvalue weighted by atomic mass is 16.5. The average molecular weight is 475 g/mol. The van der Waals surface area contributed by atoms with Gasteiger partial charge in [-0.15, -0.1) is 0 Å². The number of ether oxygens (including phenoxy) is 2. The number of benzene rings is 2. The molecule has 0 spiro atoms. The zero-order chi connectivity index (χ0) is 24.4. The van der Waals surface area contributed by atoms with E-state index in [4.69, 9.17) is 13.9 Å². The maximum absolute atomic E-state index is 12.9. The van der Waals surface area contributed by atoms with Crippen molar-refractivity contribution in [2.24, 2.45) is 0 Å². The zero-order valence-corrected chi connectivity index (χ0v) is 19.4. The van der Waals surface area contributed by atoms with Crippen LogP contribution in [0.2, 0.25) is 0 Å². The Kier molecular flexibility index (Phi) is 6.27. The molecule has 2 aromatic carbocycles. The first-order valence-electron chi connectivity index (χ1n) is 11.7. The molecule has 0 atom stereocenters. The van der Waals surface area contributed by atoms with Gasteiger partial charge in [0.1, 0.15) is 17.3 Å². The predicted molar refractivity (Wildman–Crippen MR) is 128 cm³/mol. The molecular weight excluding hydrogens is 448 g/mol. The SMILES string of the molecule is CCc1ccccc1OCC(=O)c1ccc2c(c1)N(Cc1ccc(C(=O)NC3CC3)o1)C(=O)CO2. The number of rotatable bonds is 9. The van der Waals surface area contributed by atoms with Gasteiger partial charge in [-0.25, -0.2) is 0 Å². The van der Waals surface area contributed by atoms with E-state index < -0.39 is 0 Å². The molecule has 0 bridgehead atoms. The first-order chi connectivity index (χ1) is 17.0. The Bertz CT molecular complexity index is 1280. The molecule has 8 heteroatoms. The lowest BCUT2D eigenvalue weighted by Crippen LogP contribution is -2.38. The highest BCUT2D eigenvalue weighted by Crippen LogP contribution is 2.34. The molecule has 5 rings (SSSR count). The second kappa shape index (κ2) is 9.66. The number of Topliss-reactive ketones (excluding diaryl/α,β-unsaturated/α-hetero) is 1. The van der Waals surface area contributed by atoms with E-state index >= 15 is 0 Å². The van der Waals surface area contributed by atoms with Gasteiger partial charge in [-0.05, 0) is 61.2 Å². The molecule has 2 amide bonds. The number of hydrogen-bond donors (Lipinski definition) is 1. The number of nitrogens with one attached hydrogen (secondary N) is 1. The summed E-state index contributed by atoms with van der Waals surface area (Å²) in [5, 5.41) is 2.88. The van der Waals surface area contributed by atoms with E-state index in [2.05, 4.69) is 5.32 Å². The number of ketones is 1. The van der Waals surface area contributed by atoms with E-state index in [1.165, 1.54) is 4.90 Å². The van der Waals surface area contributed by atoms with Crippen molar-refractivity contribution in [1.82, 2.24) is 5.32 Å². The molecule has 0 unspecified atom stereocenters. The molecule has 180 valence electrons. The second-order valence-electron chi connectivity index (χ2n) is 8.64. The third kappa shape index (κ3) is 5.06. The fraction of sp³-hybridized carbons (Fsp3) is 0.296. The molecule has 8 nitrogen and oxygen atoms in total.